The topological polar surface area (TPSA) is 65.0 Å². The lowest BCUT2D eigenvalue weighted by Crippen LogP contribution is -2.46. The molecule has 2 saturated heterocycles. The second-order valence-electron chi connectivity index (χ2n) is 6.73. The van der Waals surface area contributed by atoms with E-state index in [9.17, 15) is 5.11 Å². The van der Waals surface area contributed by atoms with Gasteiger partial charge in [0.05, 0.1) is 18.9 Å². The number of benzene rings is 1. The second kappa shape index (κ2) is 7.88. The van der Waals surface area contributed by atoms with Gasteiger partial charge >= 0.3 is 0 Å². The molecule has 7 heteroatoms. The number of piperazine rings is 1. The van der Waals surface area contributed by atoms with E-state index in [2.05, 4.69) is 19.7 Å². The minimum atomic E-state index is 0.312. The fourth-order valence-corrected chi connectivity index (χ4v) is 3.45. The van der Waals surface area contributed by atoms with Gasteiger partial charge in [0.15, 0.2) is 0 Å². The highest BCUT2D eigenvalue weighted by Gasteiger charge is 2.19. The van der Waals surface area contributed by atoms with Gasteiger partial charge in [-0.2, -0.15) is 0 Å². The quantitative estimate of drug-likeness (QED) is 0.888. The van der Waals surface area contributed by atoms with E-state index < -0.39 is 0 Å². The maximum Gasteiger partial charge on any atom is 0.225 e. The van der Waals surface area contributed by atoms with Crippen molar-refractivity contribution in [3.8, 4) is 5.75 Å². The number of anilines is 2. The molecule has 0 saturated carbocycles. The first-order valence-corrected chi connectivity index (χ1v) is 9.19. The Balaban J connectivity index is 1.33. The molecular formula is C19H25N5O2. The van der Waals surface area contributed by atoms with Crippen molar-refractivity contribution in [3.63, 3.8) is 0 Å². The summed E-state index contributed by atoms with van der Waals surface area (Å²) in [7, 11) is 0. The van der Waals surface area contributed by atoms with Gasteiger partial charge in [0.25, 0.3) is 0 Å². The van der Waals surface area contributed by atoms with Crippen molar-refractivity contribution in [1.29, 1.82) is 0 Å². The maximum absolute atomic E-state index is 9.43. The molecule has 0 radical (unpaired) electrons. The number of hydrogen-bond donors (Lipinski definition) is 1. The lowest BCUT2D eigenvalue weighted by Gasteiger charge is -2.36. The third-order valence-electron chi connectivity index (χ3n) is 4.97. The summed E-state index contributed by atoms with van der Waals surface area (Å²) < 4.78 is 5.40. The van der Waals surface area contributed by atoms with E-state index in [1.807, 2.05) is 24.4 Å². The average Bonchev–Trinajstić information content (AvgIpc) is 2.70. The third-order valence-corrected chi connectivity index (χ3v) is 4.97. The van der Waals surface area contributed by atoms with Crippen molar-refractivity contribution in [2.75, 3.05) is 62.3 Å². The number of phenols is 1. The van der Waals surface area contributed by atoms with Crippen LogP contribution in [-0.4, -0.2) is 72.5 Å². The minimum Gasteiger partial charge on any atom is -0.508 e. The number of aromatic hydroxyl groups is 1. The van der Waals surface area contributed by atoms with Gasteiger partial charge in [0.2, 0.25) is 5.95 Å². The molecule has 0 unspecified atom stereocenters. The van der Waals surface area contributed by atoms with E-state index in [-0.39, 0.29) is 0 Å². The van der Waals surface area contributed by atoms with Crippen molar-refractivity contribution in [2.45, 2.75) is 6.54 Å². The van der Waals surface area contributed by atoms with Crippen LogP contribution in [0, 0.1) is 0 Å². The van der Waals surface area contributed by atoms with Gasteiger partial charge in [-0.3, -0.25) is 4.90 Å². The summed E-state index contributed by atoms with van der Waals surface area (Å²) in [5, 5.41) is 9.43. The molecule has 0 aliphatic carbocycles. The number of aromatic nitrogens is 2. The molecule has 2 aromatic rings. The van der Waals surface area contributed by atoms with Crippen LogP contribution in [-0.2, 0) is 11.3 Å². The first-order chi connectivity index (χ1) is 12.8. The molecule has 7 nitrogen and oxygen atoms in total. The standard InChI is InChI=1S/C19H25N5O2/c25-18-3-1-17(2-4-18)23-9-7-22(8-10-23)15-16-5-6-20-19(21-16)24-11-13-26-14-12-24/h1-6,25H,7-15H2. The Kier molecular flexibility index (Phi) is 5.17. The molecule has 2 aliphatic rings. The molecule has 4 rings (SSSR count). The zero-order valence-corrected chi connectivity index (χ0v) is 14.9. The molecule has 1 aromatic carbocycles. The van der Waals surface area contributed by atoms with Crippen LogP contribution < -0.4 is 9.80 Å². The summed E-state index contributed by atoms with van der Waals surface area (Å²) in [6.07, 6.45) is 1.86. The van der Waals surface area contributed by atoms with Crippen LogP contribution in [0.25, 0.3) is 0 Å². The fourth-order valence-electron chi connectivity index (χ4n) is 3.45. The van der Waals surface area contributed by atoms with E-state index in [1.165, 1.54) is 5.69 Å². The molecule has 2 aliphatic heterocycles. The normalized spacial score (nSPS) is 18.9. The van der Waals surface area contributed by atoms with Crippen molar-refractivity contribution in [2.24, 2.45) is 0 Å². The van der Waals surface area contributed by atoms with Crippen molar-refractivity contribution in [3.05, 3.63) is 42.2 Å². The minimum absolute atomic E-state index is 0.312. The Morgan fingerprint density at radius 1 is 0.885 bits per heavy atom. The fraction of sp³-hybridized carbons (Fsp3) is 0.474. The van der Waals surface area contributed by atoms with Crippen LogP contribution in [0.1, 0.15) is 5.69 Å². The summed E-state index contributed by atoms with van der Waals surface area (Å²) >= 11 is 0. The molecular weight excluding hydrogens is 330 g/mol. The summed E-state index contributed by atoms with van der Waals surface area (Å²) in [5.41, 5.74) is 2.23. The molecule has 2 fully saturated rings. The van der Waals surface area contributed by atoms with Crippen LogP contribution in [0.5, 0.6) is 5.75 Å². The maximum atomic E-state index is 9.43. The predicted molar refractivity (Wildman–Crippen MR) is 101 cm³/mol. The highest BCUT2D eigenvalue weighted by molar-refractivity contribution is 5.49. The van der Waals surface area contributed by atoms with E-state index in [1.54, 1.807) is 12.1 Å². The highest BCUT2D eigenvalue weighted by Crippen LogP contribution is 2.20. The number of phenolic OH excluding ortho intramolecular Hbond substituents is 1. The van der Waals surface area contributed by atoms with Crippen molar-refractivity contribution in [1.82, 2.24) is 14.9 Å². The Morgan fingerprint density at radius 2 is 1.62 bits per heavy atom. The second-order valence-corrected chi connectivity index (χ2v) is 6.73. The summed E-state index contributed by atoms with van der Waals surface area (Å²) in [5.74, 6) is 1.13. The van der Waals surface area contributed by atoms with E-state index >= 15 is 0 Å². The van der Waals surface area contributed by atoms with Crippen LogP contribution in [0.3, 0.4) is 0 Å². The Morgan fingerprint density at radius 3 is 2.35 bits per heavy atom. The average molecular weight is 355 g/mol. The van der Waals surface area contributed by atoms with E-state index in [0.29, 0.717) is 5.75 Å². The van der Waals surface area contributed by atoms with Crippen LogP contribution >= 0.6 is 0 Å². The third kappa shape index (κ3) is 4.05. The summed E-state index contributed by atoms with van der Waals surface area (Å²) in [6, 6.07) is 9.45. The first kappa shape index (κ1) is 17.1. The Labute approximate surface area is 153 Å². The number of nitrogens with zero attached hydrogens (tertiary/aromatic N) is 5. The number of rotatable bonds is 4. The molecule has 1 aromatic heterocycles. The molecule has 0 amide bonds. The van der Waals surface area contributed by atoms with E-state index in [4.69, 9.17) is 9.72 Å². The molecule has 138 valence electrons. The van der Waals surface area contributed by atoms with Crippen molar-refractivity contribution >= 4 is 11.6 Å². The van der Waals surface area contributed by atoms with Gasteiger partial charge in [-0.15, -0.1) is 0 Å². The Hall–Kier alpha value is -2.38. The van der Waals surface area contributed by atoms with Crippen LogP contribution in [0.4, 0.5) is 11.6 Å². The predicted octanol–water partition coefficient (Wildman–Crippen LogP) is 1.34. The Bertz CT molecular complexity index is 710. The summed E-state index contributed by atoms with van der Waals surface area (Å²) in [4.78, 5) is 16.2. The van der Waals surface area contributed by atoms with Gasteiger partial charge < -0.3 is 19.6 Å². The molecule has 3 heterocycles. The van der Waals surface area contributed by atoms with Crippen molar-refractivity contribution < 1.29 is 9.84 Å². The molecule has 0 bridgehead atoms. The zero-order valence-electron chi connectivity index (χ0n) is 14.9. The smallest absolute Gasteiger partial charge is 0.225 e. The molecule has 1 N–H and O–H groups in total. The number of morpholine rings is 1. The number of hydrogen-bond acceptors (Lipinski definition) is 7. The van der Waals surface area contributed by atoms with Gasteiger partial charge in [0, 0.05) is 57.7 Å². The number of ether oxygens (including phenoxy) is 1. The monoisotopic (exact) mass is 355 g/mol. The van der Waals surface area contributed by atoms with Crippen LogP contribution in [0.2, 0.25) is 0 Å². The molecule has 0 atom stereocenters. The largest absolute Gasteiger partial charge is 0.508 e. The lowest BCUT2D eigenvalue weighted by molar-refractivity contribution is 0.122. The van der Waals surface area contributed by atoms with Gasteiger partial charge in [-0.1, -0.05) is 0 Å². The molecule has 0 spiro atoms. The zero-order chi connectivity index (χ0) is 17.8. The molecule has 26 heavy (non-hydrogen) atoms. The SMILES string of the molecule is Oc1ccc(N2CCN(Cc3ccnc(N4CCOCC4)n3)CC2)cc1. The van der Waals surface area contributed by atoms with Crippen LogP contribution in [0.15, 0.2) is 36.5 Å². The first-order valence-electron chi connectivity index (χ1n) is 9.19. The lowest BCUT2D eigenvalue weighted by atomic mass is 10.2. The van der Waals surface area contributed by atoms with Gasteiger partial charge in [0.1, 0.15) is 5.75 Å². The van der Waals surface area contributed by atoms with E-state index in [0.717, 1.165) is 70.7 Å². The van der Waals surface area contributed by atoms with Gasteiger partial charge in [-0.25, -0.2) is 9.97 Å². The van der Waals surface area contributed by atoms with Gasteiger partial charge in [-0.05, 0) is 30.3 Å². The summed E-state index contributed by atoms with van der Waals surface area (Å²) in [6.45, 7) is 8.00. The highest BCUT2D eigenvalue weighted by atomic mass is 16.5.